The Morgan fingerprint density at radius 2 is 2.03 bits per heavy atom. The van der Waals surface area contributed by atoms with E-state index in [2.05, 4.69) is 83.3 Å². The van der Waals surface area contributed by atoms with E-state index in [1.807, 2.05) is 24.4 Å². The standard InChI is InChI=1S/C29H35ClN4O/c1-4-5-6-7-8-25-22(2)13-14-33(3)29(25)26-19-24(10-11-27(26)30)31-20-23-9-12-28(32-21-23)34-15-17-35-18-16-34/h4,7-14,19,21,29,31H,1,5-6,15-18,20H2,2-3H3. The molecule has 2 aliphatic rings. The van der Waals surface area contributed by atoms with Crippen LogP contribution < -0.4 is 10.2 Å². The van der Waals surface area contributed by atoms with Gasteiger partial charge in [0.15, 0.2) is 0 Å². The van der Waals surface area contributed by atoms with Gasteiger partial charge < -0.3 is 19.9 Å². The number of hydrogen-bond donors (Lipinski definition) is 1. The van der Waals surface area contributed by atoms with Gasteiger partial charge in [-0.05, 0) is 78.6 Å². The molecule has 1 fully saturated rings. The number of benzene rings is 1. The molecule has 1 aromatic carbocycles. The van der Waals surface area contributed by atoms with E-state index in [-0.39, 0.29) is 6.04 Å². The maximum Gasteiger partial charge on any atom is 0.128 e. The Morgan fingerprint density at radius 1 is 1.20 bits per heavy atom. The highest BCUT2D eigenvalue weighted by Gasteiger charge is 2.25. The van der Waals surface area contributed by atoms with E-state index in [0.29, 0.717) is 6.54 Å². The maximum atomic E-state index is 6.74. The fourth-order valence-electron chi connectivity index (χ4n) is 4.45. The second kappa shape index (κ2) is 12.1. The molecule has 0 radical (unpaired) electrons. The normalized spacial score (nSPS) is 18.4. The molecule has 3 heterocycles. The average molecular weight is 491 g/mol. The molecule has 5 nitrogen and oxygen atoms in total. The minimum Gasteiger partial charge on any atom is -0.381 e. The third-order valence-corrected chi connectivity index (χ3v) is 6.83. The van der Waals surface area contributed by atoms with Crippen LogP contribution in [0.25, 0.3) is 0 Å². The van der Waals surface area contributed by atoms with Crippen LogP contribution in [0.3, 0.4) is 0 Å². The minimum absolute atomic E-state index is 0.0590. The van der Waals surface area contributed by atoms with Crippen LogP contribution in [0.5, 0.6) is 0 Å². The lowest BCUT2D eigenvalue weighted by atomic mass is 9.90. The summed E-state index contributed by atoms with van der Waals surface area (Å²) in [7, 11) is 2.10. The number of halogens is 1. The van der Waals surface area contributed by atoms with Crippen molar-refractivity contribution < 1.29 is 4.74 Å². The van der Waals surface area contributed by atoms with Crippen LogP contribution in [0.2, 0.25) is 5.02 Å². The smallest absolute Gasteiger partial charge is 0.128 e. The number of rotatable bonds is 9. The lowest BCUT2D eigenvalue weighted by Gasteiger charge is -2.33. The molecule has 1 atom stereocenters. The third kappa shape index (κ3) is 6.36. The highest BCUT2D eigenvalue weighted by atomic mass is 35.5. The first-order valence-electron chi connectivity index (χ1n) is 12.3. The van der Waals surface area contributed by atoms with Crippen molar-refractivity contribution in [2.75, 3.05) is 43.6 Å². The molecule has 0 saturated carbocycles. The van der Waals surface area contributed by atoms with Crippen molar-refractivity contribution >= 4 is 23.1 Å². The monoisotopic (exact) mass is 490 g/mol. The van der Waals surface area contributed by atoms with Crippen molar-refractivity contribution in [3.8, 4) is 0 Å². The summed E-state index contributed by atoms with van der Waals surface area (Å²) in [4.78, 5) is 9.15. The molecule has 0 spiro atoms. The number of anilines is 2. The van der Waals surface area contributed by atoms with Crippen LogP contribution in [-0.4, -0.2) is 43.2 Å². The van der Waals surface area contributed by atoms with Gasteiger partial charge in [-0.15, -0.1) is 6.58 Å². The van der Waals surface area contributed by atoms with Crippen molar-refractivity contribution in [3.05, 3.63) is 101 Å². The lowest BCUT2D eigenvalue weighted by molar-refractivity contribution is 0.122. The Labute approximate surface area is 214 Å². The molecule has 0 bridgehead atoms. The molecule has 184 valence electrons. The van der Waals surface area contributed by atoms with Gasteiger partial charge in [0.25, 0.3) is 0 Å². The van der Waals surface area contributed by atoms with Crippen LogP contribution in [0.15, 0.2) is 84.8 Å². The number of unbranched alkanes of at least 4 members (excludes halogenated alkanes) is 1. The number of pyridine rings is 1. The van der Waals surface area contributed by atoms with E-state index >= 15 is 0 Å². The third-order valence-electron chi connectivity index (χ3n) is 6.48. The molecule has 6 heteroatoms. The molecular weight excluding hydrogens is 456 g/mol. The summed E-state index contributed by atoms with van der Waals surface area (Å²) in [5.74, 6) is 1.01. The Hall–Kier alpha value is -3.02. The number of nitrogens with one attached hydrogen (secondary N) is 1. The highest BCUT2D eigenvalue weighted by molar-refractivity contribution is 6.31. The van der Waals surface area contributed by atoms with Crippen LogP contribution in [-0.2, 0) is 11.3 Å². The molecule has 4 rings (SSSR count). The molecular formula is C29H35ClN4O. The van der Waals surface area contributed by atoms with E-state index in [9.17, 15) is 0 Å². The molecule has 1 aromatic heterocycles. The zero-order chi connectivity index (χ0) is 24.6. The van der Waals surface area contributed by atoms with Gasteiger partial charge in [-0.3, -0.25) is 0 Å². The topological polar surface area (TPSA) is 40.6 Å². The summed E-state index contributed by atoms with van der Waals surface area (Å²) in [5, 5.41) is 4.32. The summed E-state index contributed by atoms with van der Waals surface area (Å²) in [5.41, 5.74) is 5.78. The molecule has 1 N–H and O–H groups in total. The lowest BCUT2D eigenvalue weighted by Crippen LogP contribution is -2.36. The van der Waals surface area contributed by atoms with Crippen LogP contribution >= 0.6 is 11.6 Å². The quantitative estimate of drug-likeness (QED) is 0.320. The Morgan fingerprint density at radius 3 is 2.77 bits per heavy atom. The fraction of sp³-hybridized carbons (Fsp3) is 0.345. The van der Waals surface area contributed by atoms with E-state index in [0.717, 1.165) is 66.8 Å². The van der Waals surface area contributed by atoms with Gasteiger partial charge in [-0.1, -0.05) is 35.9 Å². The van der Waals surface area contributed by atoms with Crippen molar-refractivity contribution in [2.45, 2.75) is 32.4 Å². The van der Waals surface area contributed by atoms with Crippen LogP contribution in [0.4, 0.5) is 11.5 Å². The van der Waals surface area contributed by atoms with E-state index in [4.69, 9.17) is 16.3 Å². The predicted octanol–water partition coefficient (Wildman–Crippen LogP) is 6.52. The van der Waals surface area contributed by atoms with Crippen molar-refractivity contribution in [2.24, 2.45) is 0 Å². The molecule has 1 unspecified atom stereocenters. The Kier molecular flexibility index (Phi) is 8.67. The summed E-state index contributed by atoms with van der Waals surface area (Å²) in [6.45, 7) is 9.98. The van der Waals surface area contributed by atoms with Crippen molar-refractivity contribution in [3.63, 3.8) is 0 Å². The molecule has 1 saturated heterocycles. The largest absolute Gasteiger partial charge is 0.381 e. The second-order valence-electron chi connectivity index (χ2n) is 9.00. The van der Waals surface area contributed by atoms with Gasteiger partial charge in [-0.2, -0.15) is 0 Å². The first kappa shape index (κ1) is 25.1. The predicted molar refractivity (Wildman–Crippen MR) is 147 cm³/mol. The zero-order valence-electron chi connectivity index (χ0n) is 20.7. The van der Waals surface area contributed by atoms with E-state index < -0.39 is 0 Å². The highest BCUT2D eigenvalue weighted by Crippen LogP contribution is 2.39. The first-order valence-corrected chi connectivity index (χ1v) is 12.6. The van der Waals surface area contributed by atoms with E-state index in [1.54, 1.807) is 0 Å². The Balaban J connectivity index is 1.48. The van der Waals surface area contributed by atoms with Gasteiger partial charge in [0.05, 0.1) is 19.3 Å². The van der Waals surface area contributed by atoms with E-state index in [1.165, 1.54) is 11.1 Å². The summed E-state index contributed by atoms with van der Waals surface area (Å²) in [6.07, 6.45) is 14.6. The molecule has 35 heavy (non-hydrogen) atoms. The fourth-order valence-corrected chi connectivity index (χ4v) is 4.67. The first-order chi connectivity index (χ1) is 17.1. The number of likely N-dealkylation sites (N-methyl/N-ethyl adjacent to an activating group) is 1. The Bertz CT molecular complexity index is 1100. The van der Waals surface area contributed by atoms with Gasteiger partial charge >= 0.3 is 0 Å². The summed E-state index contributed by atoms with van der Waals surface area (Å²) >= 11 is 6.74. The number of aromatic nitrogens is 1. The summed E-state index contributed by atoms with van der Waals surface area (Å²) < 4.78 is 5.44. The van der Waals surface area contributed by atoms with Gasteiger partial charge in [0, 0.05) is 43.6 Å². The molecule has 0 amide bonds. The van der Waals surface area contributed by atoms with Crippen molar-refractivity contribution in [1.82, 2.24) is 9.88 Å². The average Bonchev–Trinajstić information content (AvgIpc) is 2.89. The number of morpholine rings is 1. The zero-order valence-corrected chi connectivity index (χ0v) is 21.5. The van der Waals surface area contributed by atoms with Gasteiger partial charge in [0.2, 0.25) is 0 Å². The number of ether oxygens (including phenoxy) is 1. The molecule has 2 aliphatic heterocycles. The number of hydrogen-bond acceptors (Lipinski definition) is 5. The molecule has 0 aliphatic carbocycles. The van der Waals surface area contributed by atoms with Crippen LogP contribution in [0, 0.1) is 0 Å². The SMILES string of the molecule is C=CCCC=CC1=C(C)C=CN(C)C1c1cc(NCc2ccc(N3CCOCC3)nc2)ccc1Cl. The van der Waals surface area contributed by atoms with Crippen LogP contribution in [0.1, 0.15) is 36.9 Å². The number of allylic oxidation sites excluding steroid dienone is 4. The summed E-state index contributed by atoms with van der Waals surface area (Å²) in [6, 6.07) is 10.5. The van der Waals surface area contributed by atoms with Crippen molar-refractivity contribution in [1.29, 1.82) is 0 Å². The minimum atomic E-state index is 0.0590. The molecule has 2 aromatic rings. The second-order valence-corrected chi connectivity index (χ2v) is 9.41. The van der Waals surface area contributed by atoms with Gasteiger partial charge in [-0.25, -0.2) is 4.98 Å². The number of nitrogens with zero attached hydrogens (tertiary/aromatic N) is 3. The maximum absolute atomic E-state index is 6.74. The van der Waals surface area contributed by atoms with Gasteiger partial charge in [0.1, 0.15) is 5.82 Å².